The number of ether oxygens (including phenoxy) is 1. The Morgan fingerprint density at radius 2 is 1.86 bits per heavy atom. The van der Waals surface area contributed by atoms with Crippen LogP contribution in [0.15, 0.2) is 48.8 Å². The molecule has 11 nitrogen and oxygen atoms in total. The molecule has 0 spiro atoms. The minimum Gasteiger partial charge on any atom is -0.494 e. The molecule has 43 heavy (non-hydrogen) atoms. The van der Waals surface area contributed by atoms with Crippen LogP contribution in [0, 0.1) is 5.41 Å². The van der Waals surface area contributed by atoms with E-state index in [4.69, 9.17) is 4.74 Å². The molecule has 1 aromatic heterocycles. The quantitative estimate of drug-likeness (QED) is 0.272. The smallest absolute Gasteiger partial charge is 0.257 e. The molecule has 232 valence electrons. The van der Waals surface area contributed by atoms with Crippen molar-refractivity contribution in [3.8, 4) is 5.75 Å². The third kappa shape index (κ3) is 7.78. The Labute approximate surface area is 259 Å². The summed E-state index contributed by atoms with van der Waals surface area (Å²) in [4.78, 5) is 51.6. The summed E-state index contributed by atoms with van der Waals surface area (Å²) in [7, 11) is 3.16. The van der Waals surface area contributed by atoms with Crippen molar-refractivity contribution >= 4 is 52.5 Å². The monoisotopic (exact) mass is 611 g/mol. The summed E-state index contributed by atoms with van der Waals surface area (Å²) in [5, 5.41) is 13.0. The molecular formula is C31H42ClN7O4. The molecule has 0 unspecified atom stereocenters. The van der Waals surface area contributed by atoms with Gasteiger partial charge in [-0.05, 0) is 50.4 Å². The van der Waals surface area contributed by atoms with E-state index in [1.165, 1.54) is 13.4 Å². The van der Waals surface area contributed by atoms with Gasteiger partial charge in [0.1, 0.15) is 23.9 Å². The lowest BCUT2D eigenvalue weighted by molar-refractivity contribution is -0.134. The third-order valence-electron chi connectivity index (χ3n) is 7.50. The van der Waals surface area contributed by atoms with Crippen LogP contribution in [0.5, 0.6) is 5.75 Å². The van der Waals surface area contributed by atoms with Gasteiger partial charge in [-0.2, -0.15) is 0 Å². The van der Waals surface area contributed by atoms with Gasteiger partial charge in [0.15, 0.2) is 0 Å². The summed E-state index contributed by atoms with van der Waals surface area (Å²) in [6, 6.07) is 11.2. The zero-order chi connectivity index (χ0) is 30.4. The molecule has 3 atom stereocenters. The normalized spacial score (nSPS) is 16.1. The molecule has 3 aromatic rings. The number of hydrogen-bond acceptors (Lipinski definition) is 9. The number of carbonyl (C=O) groups excluding carboxylic acids is 3. The van der Waals surface area contributed by atoms with Gasteiger partial charge in [-0.3, -0.25) is 14.4 Å². The number of aromatic nitrogens is 2. The SMILES string of the molecule is CN[C@@H](C)C(=O)N[C@H](C(=O)N(C(=O)[C@@H]1CCCN1)c1cc2c(NCc3ccccc3)ncnc2cc1OC)C(C)(C)C.Cl. The van der Waals surface area contributed by atoms with Crippen molar-refractivity contribution in [3.05, 3.63) is 54.4 Å². The molecule has 4 rings (SSSR count). The van der Waals surface area contributed by atoms with Crippen molar-refractivity contribution in [1.29, 1.82) is 0 Å². The number of methoxy groups -OCH3 is 1. The lowest BCUT2D eigenvalue weighted by Crippen LogP contribution is -2.60. The van der Waals surface area contributed by atoms with Crippen LogP contribution in [0.3, 0.4) is 0 Å². The van der Waals surface area contributed by atoms with Gasteiger partial charge in [-0.1, -0.05) is 51.1 Å². The first-order valence-corrected chi connectivity index (χ1v) is 14.2. The van der Waals surface area contributed by atoms with Crippen LogP contribution in [0.4, 0.5) is 11.5 Å². The summed E-state index contributed by atoms with van der Waals surface area (Å²) < 4.78 is 5.72. The average Bonchev–Trinajstić information content (AvgIpc) is 3.53. The second kappa shape index (κ2) is 14.6. The van der Waals surface area contributed by atoms with Crippen LogP contribution in [-0.2, 0) is 20.9 Å². The molecule has 1 saturated heterocycles. The number of imide groups is 1. The first-order chi connectivity index (χ1) is 20.0. The Balaban J connectivity index is 0.00000506. The van der Waals surface area contributed by atoms with Crippen molar-refractivity contribution in [2.45, 2.75) is 65.2 Å². The van der Waals surface area contributed by atoms with E-state index in [9.17, 15) is 14.4 Å². The van der Waals surface area contributed by atoms with Crippen LogP contribution in [-0.4, -0.2) is 66.5 Å². The number of fused-ring (bicyclic) bond motifs is 1. The molecule has 0 bridgehead atoms. The summed E-state index contributed by atoms with van der Waals surface area (Å²) >= 11 is 0. The number of carbonyl (C=O) groups is 3. The van der Waals surface area contributed by atoms with Crippen LogP contribution in [0.25, 0.3) is 10.9 Å². The van der Waals surface area contributed by atoms with E-state index in [1.54, 1.807) is 26.1 Å². The number of anilines is 2. The fourth-order valence-corrected chi connectivity index (χ4v) is 4.91. The predicted octanol–water partition coefficient (Wildman–Crippen LogP) is 3.42. The van der Waals surface area contributed by atoms with Crippen LogP contribution in [0.2, 0.25) is 0 Å². The molecule has 0 saturated carbocycles. The number of hydrogen-bond donors (Lipinski definition) is 4. The zero-order valence-electron chi connectivity index (χ0n) is 25.6. The minimum atomic E-state index is -1.01. The second-order valence-corrected chi connectivity index (χ2v) is 11.6. The average molecular weight is 612 g/mol. The van der Waals surface area contributed by atoms with Gasteiger partial charge < -0.3 is 26.0 Å². The van der Waals surface area contributed by atoms with Gasteiger partial charge in [0.25, 0.3) is 11.8 Å². The Hall–Kier alpha value is -3.80. The van der Waals surface area contributed by atoms with Crippen molar-refractivity contribution < 1.29 is 19.1 Å². The molecular weight excluding hydrogens is 570 g/mol. The first kappa shape index (κ1) is 33.7. The van der Waals surface area contributed by atoms with E-state index >= 15 is 0 Å². The highest BCUT2D eigenvalue weighted by Gasteiger charge is 2.42. The van der Waals surface area contributed by atoms with E-state index in [-0.39, 0.29) is 24.0 Å². The van der Waals surface area contributed by atoms with Crippen LogP contribution in [0.1, 0.15) is 46.1 Å². The zero-order valence-corrected chi connectivity index (χ0v) is 26.4. The van der Waals surface area contributed by atoms with E-state index < -0.39 is 35.4 Å². The molecule has 0 radical (unpaired) electrons. The van der Waals surface area contributed by atoms with Crippen molar-refractivity contribution in [2.75, 3.05) is 30.9 Å². The standard InChI is InChI=1S/C31H41N7O4.ClH/c1-19(32-5)28(39)37-26(31(2,3)4)30(41)38(29(40)22-13-10-14-33-22)24-15-21-23(16-25(24)42-6)35-18-36-27(21)34-17-20-11-8-7-9-12-20;/h7-9,11-12,15-16,18-19,22,26,32-33H,10,13-14,17H2,1-6H3,(H,37,39)(H,34,35,36);1H/t19-,22-,26+;/m0./s1. The molecule has 2 aromatic carbocycles. The lowest BCUT2D eigenvalue weighted by atomic mass is 9.85. The molecule has 12 heteroatoms. The minimum absolute atomic E-state index is 0. The van der Waals surface area contributed by atoms with Gasteiger partial charge in [-0.25, -0.2) is 14.9 Å². The van der Waals surface area contributed by atoms with Crippen molar-refractivity contribution in [2.24, 2.45) is 5.41 Å². The van der Waals surface area contributed by atoms with Gasteiger partial charge in [0, 0.05) is 18.0 Å². The van der Waals surface area contributed by atoms with Crippen LogP contribution >= 0.6 is 12.4 Å². The van der Waals surface area contributed by atoms with Gasteiger partial charge >= 0.3 is 0 Å². The number of nitrogens with one attached hydrogen (secondary N) is 4. The number of amides is 3. The van der Waals surface area contributed by atoms with E-state index in [1.807, 2.05) is 51.1 Å². The highest BCUT2D eigenvalue weighted by atomic mass is 35.5. The van der Waals surface area contributed by atoms with Gasteiger partial charge in [0.2, 0.25) is 5.91 Å². The summed E-state index contributed by atoms with van der Waals surface area (Å²) in [6.45, 7) is 8.47. The topological polar surface area (TPSA) is 138 Å². The van der Waals surface area contributed by atoms with E-state index in [2.05, 4.69) is 31.2 Å². The number of likely N-dealkylation sites (N-methyl/N-ethyl adjacent to an activating group) is 1. The fraction of sp³-hybridized carbons (Fsp3) is 0.452. The maximum atomic E-state index is 14.5. The second-order valence-electron chi connectivity index (χ2n) is 11.6. The van der Waals surface area contributed by atoms with Gasteiger partial charge in [-0.15, -0.1) is 12.4 Å². The van der Waals surface area contributed by atoms with Crippen LogP contribution < -0.4 is 30.9 Å². The summed E-state index contributed by atoms with van der Waals surface area (Å²) in [6.07, 6.45) is 2.86. The van der Waals surface area contributed by atoms with E-state index in [0.717, 1.165) is 16.9 Å². The number of rotatable bonds is 10. The summed E-state index contributed by atoms with van der Waals surface area (Å²) in [5.74, 6) is -0.446. The molecule has 1 aliphatic rings. The van der Waals surface area contributed by atoms with Crippen molar-refractivity contribution in [1.82, 2.24) is 25.9 Å². The summed E-state index contributed by atoms with van der Waals surface area (Å²) in [5.41, 5.74) is 1.20. The molecule has 4 N–H and O–H groups in total. The number of halogens is 1. The maximum absolute atomic E-state index is 14.5. The number of nitrogens with zero attached hydrogens (tertiary/aromatic N) is 3. The Bertz CT molecular complexity index is 1420. The molecule has 1 fully saturated rings. The Kier molecular flexibility index (Phi) is 11.4. The highest BCUT2D eigenvalue weighted by molar-refractivity contribution is 6.20. The van der Waals surface area contributed by atoms with Gasteiger partial charge in [0.05, 0.1) is 30.4 Å². The maximum Gasteiger partial charge on any atom is 0.257 e. The lowest BCUT2D eigenvalue weighted by Gasteiger charge is -2.36. The largest absolute Gasteiger partial charge is 0.494 e. The third-order valence-corrected chi connectivity index (χ3v) is 7.50. The van der Waals surface area contributed by atoms with Crippen molar-refractivity contribution in [3.63, 3.8) is 0 Å². The van der Waals surface area contributed by atoms with E-state index in [0.29, 0.717) is 42.0 Å². The highest BCUT2D eigenvalue weighted by Crippen LogP contribution is 2.37. The molecule has 3 amide bonds. The molecule has 0 aliphatic carbocycles. The fourth-order valence-electron chi connectivity index (χ4n) is 4.91. The number of benzene rings is 2. The Morgan fingerprint density at radius 3 is 2.47 bits per heavy atom. The predicted molar refractivity (Wildman–Crippen MR) is 171 cm³/mol. The molecule has 1 aliphatic heterocycles. The molecule has 2 heterocycles. The first-order valence-electron chi connectivity index (χ1n) is 14.2. The Morgan fingerprint density at radius 1 is 1.14 bits per heavy atom.